The van der Waals surface area contributed by atoms with Crippen LogP contribution >= 0.6 is 0 Å². The van der Waals surface area contributed by atoms with Crippen LogP contribution in [0.25, 0.3) is 0 Å². The third-order valence-corrected chi connectivity index (χ3v) is 13.5. The van der Waals surface area contributed by atoms with Crippen LogP contribution in [0.1, 0.15) is 106 Å². The van der Waals surface area contributed by atoms with Crippen LogP contribution in [0, 0.1) is 56.7 Å². The van der Waals surface area contributed by atoms with Gasteiger partial charge in [-0.25, -0.2) is 0 Å². The molecule has 0 aromatic heterocycles. The van der Waals surface area contributed by atoms with Crippen molar-refractivity contribution >= 4 is 0 Å². The van der Waals surface area contributed by atoms with Gasteiger partial charge in [-0.2, -0.15) is 0 Å². The van der Waals surface area contributed by atoms with Crippen LogP contribution in [0.2, 0.25) is 0 Å². The van der Waals surface area contributed by atoms with Gasteiger partial charge in [-0.15, -0.1) is 0 Å². The molecule has 2 nitrogen and oxygen atoms in total. The SMILES string of the molecule is C=C(C)[C@@H]1CC[C@]2(CO)CC[C@]3(C)C(CCC4C5(C)CCC(O)C(C)(C)C5CCC43C)C12. The van der Waals surface area contributed by atoms with Gasteiger partial charge in [0.15, 0.2) is 0 Å². The van der Waals surface area contributed by atoms with E-state index in [4.69, 9.17) is 0 Å². The molecular weight excluding hydrogens is 392 g/mol. The molecule has 2 heteroatoms. The Labute approximate surface area is 197 Å². The maximum absolute atomic E-state index is 10.9. The Morgan fingerprint density at radius 2 is 1.53 bits per heavy atom. The first-order chi connectivity index (χ1) is 14.9. The first kappa shape index (κ1) is 23.4. The zero-order valence-electron chi connectivity index (χ0n) is 21.8. The minimum Gasteiger partial charge on any atom is -0.396 e. The predicted octanol–water partition coefficient (Wildman–Crippen LogP) is 7.00. The molecule has 0 spiro atoms. The second-order valence-electron chi connectivity index (χ2n) is 14.6. The lowest BCUT2D eigenvalue weighted by molar-refractivity contribution is -0.249. The lowest BCUT2D eigenvalue weighted by Crippen LogP contribution is -2.66. The van der Waals surface area contributed by atoms with Crippen LogP contribution in [0.5, 0.6) is 0 Å². The largest absolute Gasteiger partial charge is 0.396 e. The van der Waals surface area contributed by atoms with Crippen molar-refractivity contribution in [2.45, 2.75) is 112 Å². The highest BCUT2D eigenvalue weighted by atomic mass is 16.3. The Hall–Kier alpha value is -0.340. The second-order valence-corrected chi connectivity index (χ2v) is 14.6. The summed E-state index contributed by atoms with van der Waals surface area (Å²) in [5.74, 6) is 3.33. The van der Waals surface area contributed by atoms with Crippen LogP contribution in [0.4, 0.5) is 0 Å². The van der Waals surface area contributed by atoms with Gasteiger partial charge in [0, 0.05) is 6.61 Å². The fourth-order valence-corrected chi connectivity index (χ4v) is 11.5. The van der Waals surface area contributed by atoms with Crippen LogP contribution in [-0.4, -0.2) is 22.9 Å². The van der Waals surface area contributed by atoms with E-state index < -0.39 is 0 Å². The van der Waals surface area contributed by atoms with Gasteiger partial charge in [0.2, 0.25) is 0 Å². The molecule has 5 fully saturated rings. The fraction of sp³-hybridized carbons (Fsp3) is 0.933. The van der Waals surface area contributed by atoms with E-state index in [1.165, 1.54) is 63.4 Å². The Bertz CT molecular complexity index is 786. The number of hydrogen-bond donors (Lipinski definition) is 2. The molecule has 5 aliphatic carbocycles. The summed E-state index contributed by atoms with van der Waals surface area (Å²) in [6.45, 7) is 19.7. The van der Waals surface area contributed by atoms with Gasteiger partial charge in [0.05, 0.1) is 6.10 Å². The molecule has 0 aliphatic heterocycles. The quantitative estimate of drug-likeness (QED) is 0.452. The molecule has 5 aliphatic rings. The molecule has 0 aromatic carbocycles. The zero-order valence-corrected chi connectivity index (χ0v) is 21.8. The average molecular weight is 443 g/mol. The van der Waals surface area contributed by atoms with Crippen molar-refractivity contribution in [2.75, 3.05) is 6.61 Å². The van der Waals surface area contributed by atoms with Gasteiger partial charge < -0.3 is 10.2 Å². The van der Waals surface area contributed by atoms with Gasteiger partial charge in [0.25, 0.3) is 0 Å². The minimum absolute atomic E-state index is 0.0290. The summed E-state index contributed by atoms with van der Waals surface area (Å²) in [6.07, 6.45) is 12.2. The van der Waals surface area contributed by atoms with Crippen molar-refractivity contribution in [2.24, 2.45) is 56.7 Å². The van der Waals surface area contributed by atoms with E-state index in [1.807, 2.05) is 0 Å². The van der Waals surface area contributed by atoms with Crippen molar-refractivity contribution in [3.05, 3.63) is 12.2 Å². The highest BCUT2D eigenvalue weighted by molar-refractivity contribution is 5.21. The Morgan fingerprint density at radius 1 is 0.812 bits per heavy atom. The topological polar surface area (TPSA) is 40.5 Å². The summed E-state index contributed by atoms with van der Waals surface area (Å²) in [4.78, 5) is 0. The molecule has 10 atom stereocenters. The van der Waals surface area contributed by atoms with Crippen molar-refractivity contribution in [3.8, 4) is 0 Å². The molecule has 0 saturated heterocycles. The predicted molar refractivity (Wildman–Crippen MR) is 132 cm³/mol. The number of aliphatic hydroxyl groups excluding tert-OH is 2. The van der Waals surface area contributed by atoms with E-state index >= 15 is 0 Å². The lowest BCUT2D eigenvalue weighted by Gasteiger charge is -2.73. The molecule has 0 heterocycles. The summed E-state index contributed by atoms with van der Waals surface area (Å²) in [5.41, 5.74) is 2.60. The first-order valence-corrected chi connectivity index (χ1v) is 13.8. The normalized spacial score (nSPS) is 56.5. The molecule has 0 aromatic rings. The summed E-state index contributed by atoms with van der Waals surface area (Å²) in [6, 6.07) is 0. The molecule has 7 unspecified atom stereocenters. The van der Waals surface area contributed by atoms with Crippen molar-refractivity contribution in [1.82, 2.24) is 0 Å². The minimum atomic E-state index is -0.147. The van der Waals surface area contributed by atoms with Crippen LogP contribution in [0.3, 0.4) is 0 Å². The highest BCUT2D eigenvalue weighted by Gasteiger charge is 2.70. The number of hydrogen-bond acceptors (Lipinski definition) is 2. The molecule has 5 rings (SSSR count). The van der Waals surface area contributed by atoms with E-state index in [1.54, 1.807) is 0 Å². The molecule has 5 saturated carbocycles. The Morgan fingerprint density at radius 3 is 2.19 bits per heavy atom. The molecule has 0 amide bonds. The lowest BCUT2D eigenvalue weighted by atomic mass is 9.32. The van der Waals surface area contributed by atoms with E-state index in [0.29, 0.717) is 40.6 Å². The Balaban J connectivity index is 1.55. The summed E-state index contributed by atoms with van der Waals surface area (Å²) in [7, 11) is 0. The van der Waals surface area contributed by atoms with Crippen LogP contribution < -0.4 is 0 Å². The summed E-state index contributed by atoms with van der Waals surface area (Å²) < 4.78 is 0. The van der Waals surface area contributed by atoms with Crippen molar-refractivity contribution in [3.63, 3.8) is 0 Å². The fourth-order valence-electron chi connectivity index (χ4n) is 11.5. The maximum Gasteiger partial charge on any atom is 0.0594 e. The van der Waals surface area contributed by atoms with Crippen molar-refractivity contribution in [1.29, 1.82) is 0 Å². The Kier molecular flexibility index (Phi) is 5.19. The first-order valence-electron chi connectivity index (χ1n) is 13.8. The summed E-state index contributed by atoms with van der Waals surface area (Å²) >= 11 is 0. The highest BCUT2D eigenvalue weighted by Crippen LogP contribution is 2.77. The molecular formula is C30H50O2. The smallest absolute Gasteiger partial charge is 0.0594 e. The zero-order chi connectivity index (χ0) is 23.3. The van der Waals surface area contributed by atoms with Gasteiger partial charge in [0.1, 0.15) is 0 Å². The molecule has 0 bridgehead atoms. The van der Waals surface area contributed by atoms with Gasteiger partial charge in [-0.05, 0) is 128 Å². The van der Waals surface area contributed by atoms with Crippen LogP contribution in [0.15, 0.2) is 12.2 Å². The average Bonchev–Trinajstić information content (AvgIpc) is 3.12. The summed E-state index contributed by atoms with van der Waals surface area (Å²) in [5, 5.41) is 21.5. The third kappa shape index (κ3) is 2.66. The maximum atomic E-state index is 10.9. The van der Waals surface area contributed by atoms with E-state index in [9.17, 15) is 10.2 Å². The van der Waals surface area contributed by atoms with E-state index in [2.05, 4.69) is 48.1 Å². The number of rotatable bonds is 2. The van der Waals surface area contributed by atoms with Gasteiger partial charge in [-0.3, -0.25) is 0 Å². The van der Waals surface area contributed by atoms with Crippen LogP contribution in [-0.2, 0) is 0 Å². The van der Waals surface area contributed by atoms with E-state index in [-0.39, 0.29) is 16.9 Å². The van der Waals surface area contributed by atoms with Crippen molar-refractivity contribution < 1.29 is 10.2 Å². The van der Waals surface area contributed by atoms with Gasteiger partial charge in [-0.1, -0.05) is 46.8 Å². The standard InChI is InChI=1S/C30H50O2/c1-19(2)20-10-15-30(18-31)17-16-28(6)21(25(20)30)8-9-23-27(5)13-12-24(32)26(3,4)22(27)11-14-29(23,28)7/h20-25,31-32H,1,8-18H2,2-7H3/t20-,21?,22?,23?,24?,25?,27?,28+,29?,30+/m0/s1. The second kappa shape index (κ2) is 7.09. The number of fused-ring (bicyclic) bond motifs is 7. The third-order valence-electron chi connectivity index (χ3n) is 13.5. The molecule has 182 valence electrons. The molecule has 2 N–H and O–H groups in total. The monoisotopic (exact) mass is 442 g/mol. The number of aliphatic hydroxyl groups is 2. The van der Waals surface area contributed by atoms with E-state index in [0.717, 1.165) is 18.3 Å². The van der Waals surface area contributed by atoms with Gasteiger partial charge >= 0.3 is 0 Å². The molecule has 0 radical (unpaired) electrons. The number of allylic oxidation sites excluding steroid dienone is 1. The molecule has 32 heavy (non-hydrogen) atoms.